The van der Waals surface area contributed by atoms with Crippen LogP contribution in [-0.2, 0) is 9.53 Å². The molecule has 0 amide bonds. The quantitative estimate of drug-likeness (QED) is 0.538. The van der Waals surface area contributed by atoms with Gasteiger partial charge < -0.3 is 4.74 Å². The molecule has 0 spiro atoms. The van der Waals surface area contributed by atoms with Crippen LogP contribution in [-0.4, -0.2) is 5.97 Å². The third kappa shape index (κ3) is 2.33. The molecule has 0 heterocycles. The normalized spacial score (nSPS) is 9.21. The van der Waals surface area contributed by atoms with Crippen LogP contribution in [0.4, 0.5) is 0 Å². The first-order valence-corrected chi connectivity index (χ1v) is 4.24. The van der Waals surface area contributed by atoms with Crippen molar-refractivity contribution >= 4 is 17.8 Å². The van der Waals surface area contributed by atoms with Crippen LogP contribution < -0.4 is 0 Å². The van der Waals surface area contributed by atoms with E-state index in [1.807, 2.05) is 24.3 Å². The second-order valence-electron chi connectivity index (χ2n) is 2.81. The lowest BCUT2D eigenvalue weighted by Gasteiger charge is -2.07. The van der Waals surface area contributed by atoms with Crippen LogP contribution in [0, 0.1) is 0 Å². The molecule has 0 saturated carbocycles. The van der Waals surface area contributed by atoms with Gasteiger partial charge in [-0.05, 0) is 5.56 Å². The fourth-order valence-electron chi connectivity index (χ4n) is 1.16. The van der Waals surface area contributed by atoms with E-state index in [1.165, 1.54) is 6.92 Å². The number of esters is 1. The summed E-state index contributed by atoms with van der Waals surface area (Å²) in [6.45, 7) is 8.70. The highest BCUT2D eigenvalue weighted by Gasteiger charge is 2.05. The van der Waals surface area contributed by atoms with Gasteiger partial charge in [0.2, 0.25) is 0 Å². The molecule has 1 aromatic rings. The van der Waals surface area contributed by atoms with Crippen molar-refractivity contribution < 1.29 is 9.53 Å². The number of ether oxygens (including phenoxy) is 1. The molecule has 0 bridgehead atoms. The van der Waals surface area contributed by atoms with Gasteiger partial charge in [0.25, 0.3) is 0 Å². The molecule has 0 aromatic heterocycles. The van der Waals surface area contributed by atoms with Crippen molar-refractivity contribution in [2.75, 3.05) is 0 Å². The van der Waals surface area contributed by atoms with E-state index in [0.29, 0.717) is 5.76 Å². The standard InChI is InChI=1S/C12H12O2/c1-4-11-7-5-6-8-12(11)9(2)14-10(3)13/h4-8H,1-2H2,3H3. The average Bonchev–Trinajstić information content (AvgIpc) is 2.16. The van der Waals surface area contributed by atoms with Crippen LogP contribution in [0.1, 0.15) is 18.1 Å². The third-order valence-corrected chi connectivity index (χ3v) is 1.75. The molecule has 0 aliphatic rings. The highest BCUT2D eigenvalue weighted by Crippen LogP contribution is 2.19. The molecule has 0 aliphatic carbocycles. The molecule has 0 atom stereocenters. The van der Waals surface area contributed by atoms with Gasteiger partial charge in [0.15, 0.2) is 0 Å². The number of hydrogen-bond donors (Lipinski definition) is 0. The molecular formula is C12H12O2. The fourth-order valence-corrected chi connectivity index (χ4v) is 1.16. The molecule has 0 radical (unpaired) electrons. The molecule has 0 N–H and O–H groups in total. The number of carbonyl (C=O) groups excluding carboxylic acids is 1. The Morgan fingerprint density at radius 3 is 2.64 bits per heavy atom. The summed E-state index contributed by atoms with van der Waals surface area (Å²) in [7, 11) is 0. The lowest BCUT2D eigenvalue weighted by atomic mass is 10.1. The highest BCUT2D eigenvalue weighted by atomic mass is 16.5. The predicted octanol–water partition coefficient (Wildman–Crippen LogP) is 2.86. The molecule has 14 heavy (non-hydrogen) atoms. The van der Waals surface area contributed by atoms with E-state index in [2.05, 4.69) is 13.2 Å². The minimum Gasteiger partial charge on any atom is -0.427 e. The van der Waals surface area contributed by atoms with Crippen molar-refractivity contribution in [2.24, 2.45) is 0 Å². The van der Waals surface area contributed by atoms with E-state index in [9.17, 15) is 4.79 Å². The third-order valence-electron chi connectivity index (χ3n) is 1.75. The van der Waals surface area contributed by atoms with Gasteiger partial charge in [-0.25, -0.2) is 0 Å². The van der Waals surface area contributed by atoms with Crippen LogP contribution in [0.3, 0.4) is 0 Å². The van der Waals surface area contributed by atoms with Crippen molar-refractivity contribution in [3.63, 3.8) is 0 Å². The maximum atomic E-state index is 10.7. The number of hydrogen-bond acceptors (Lipinski definition) is 2. The van der Waals surface area contributed by atoms with Gasteiger partial charge in [-0.3, -0.25) is 4.79 Å². The van der Waals surface area contributed by atoms with Gasteiger partial charge in [0.05, 0.1) is 0 Å². The summed E-state index contributed by atoms with van der Waals surface area (Å²) in [6.07, 6.45) is 1.70. The minimum atomic E-state index is -0.367. The first-order chi connectivity index (χ1) is 6.65. The Morgan fingerprint density at radius 1 is 1.43 bits per heavy atom. The smallest absolute Gasteiger partial charge is 0.308 e. The first-order valence-electron chi connectivity index (χ1n) is 4.24. The van der Waals surface area contributed by atoms with Crippen LogP contribution in [0.25, 0.3) is 11.8 Å². The molecule has 0 fully saturated rings. The second-order valence-corrected chi connectivity index (χ2v) is 2.81. The lowest BCUT2D eigenvalue weighted by Crippen LogP contribution is -1.98. The van der Waals surface area contributed by atoms with E-state index in [4.69, 9.17) is 4.74 Å². The van der Waals surface area contributed by atoms with Crippen LogP contribution in [0.15, 0.2) is 37.4 Å². The Hall–Kier alpha value is -1.83. The molecule has 2 nitrogen and oxygen atoms in total. The van der Waals surface area contributed by atoms with Gasteiger partial charge in [-0.2, -0.15) is 0 Å². The van der Waals surface area contributed by atoms with Gasteiger partial charge in [-0.15, -0.1) is 0 Å². The number of benzene rings is 1. The zero-order valence-electron chi connectivity index (χ0n) is 8.12. The molecule has 0 aliphatic heterocycles. The zero-order chi connectivity index (χ0) is 10.6. The monoisotopic (exact) mass is 188 g/mol. The molecule has 72 valence electrons. The van der Waals surface area contributed by atoms with Crippen molar-refractivity contribution in [3.05, 3.63) is 48.6 Å². The van der Waals surface area contributed by atoms with Crippen LogP contribution >= 0.6 is 0 Å². The van der Waals surface area contributed by atoms with Gasteiger partial charge in [0.1, 0.15) is 5.76 Å². The Kier molecular flexibility index (Phi) is 3.24. The predicted molar refractivity (Wildman–Crippen MR) is 57.3 cm³/mol. The number of rotatable bonds is 3. The van der Waals surface area contributed by atoms with Crippen LogP contribution in [0.2, 0.25) is 0 Å². The average molecular weight is 188 g/mol. The summed E-state index contributed by atoms with van der Waals surface area (Å²) >= 11 is 0. The van der Waals surface area contributed by atoms with Crippen molar-refractivity contribution in [1.82, 2.24) is 0 Å². The summed E-state index contributed by atoms with van der Waals surface area (Å²) in [5.74, 6) is -0.0122. The van der Waals surface area contributed by atoms with Crippen molar-refractivity contribution in [1.29, 1.82) is 0 Å². The van der Waals surface area contributed by atoms with Crippen molar-refractivity contribution in [3.8, 4) is 0 Å². The van der Waals surface area contributed by atoms with E-state index in [-0.39, 0.29) is 5.97 Å². The van der Waals surface area contributed by atoms with Gasteiger partial charge in [0, 0.05) is 12.5 Å². The summed E-state index contributed by atoms with van der Waals surface area (Å²) in [4.78, 5) is 10.7. The van der Waals surface area contributed by atoms with E-state index in [0.717, 1.165) is 11.1 Å². The maximum Gasteiger partial charge on any atom is 0.308 e. The molecule has 1 rings (SSSR count). The van der Waals surface area contributed by atoms with Gasteiger partial charge in [-0.1, -0.05) is 43.5 Å². The van der Waals surface area contributed by atoms with E-state index < -0.39 is 0 Å². The second kappa shape index (κ2) is 4.42. The lowest BCUT2D eigenvalue weighted by molar-refractivity contribution is -0.134. The molecule has 2 heteroatoms. The topological polar surface area (TPSA) is 26.3 Å². The minimum absolute atomic E-state index is 0.355. The van der Waals surface area contributed by atoms with Crippen molar-refractivity contribution in [2.45, 2.75) is 6.92 Å². The Bertz CT molecular complexity index is 378. The molecular weight excluding hydrogens is 176 g/mol. The number of carbonyl (C=O) groups is 1. The van der Waals surface area contributed by atoms with Gasteiger partial charge >= 0.3 is 5.97 Å². The van der Waals surface area contributed by atoms with E-state index >= 15 is 0 Å². The highest BCUT2D eigenvalue weighted by molar-refractivity contribution is 5.78. The van der Waals surface area contributed by atoms with Crippen LogP contribution in [0.5, 0.6) is 0 Å². The Balaban J connectivity index is 2.99. The molecule has 0 saturated heterocycles. The SMILES string of the molecule is C=Cc1ccccc1C(=C)OC(C)=O. The summed E-state index contributed by atoms with van der Waals surface area (Å²) in [5.41, 5.74) is 1.69. The molecule has 1 aromatic carbocycles. The molecule has 0 unspecified atom stereocenters. The summed E-state index contributed by atoms with van der Waals surface area (Å²) in [5, 5.41) is 0. The maximum absolute atomic E-state index is 10.7. The first kappa shape index (κ1) is 10.3. The summed E-state index contributed by atoms with van der Waals surface area (Å²) < 4.78 is 4.90. The zero-order valence-corrected chi connectivity index (χ0v) is 8.12. The van der Waals surface area contributed by atoms with E-state index in [1.54, 1.807) is 6.08 Å². The fraction of sp³-hybridized carbons (Fsp3) is 0.0833. The Morgan fingerprint density at radius 2 is 2.07 bits per heavy atom. The summed E-state index contributed by atoms with van der Waals surface area (Å²) in [6, 6.07) is 7.47. The Labute approximate surface area is 83.5 Å². The largest absolute Gasteiger partial charge is 0.427 e.